The van der Waals surface area contributed by atoms with Crippen molar-refractivity contribution in [3.05, 3.63) is 40.6 Å². The second kappa shape index (κ2) is 5.46. The highest BCUT2D eigenvalue weighted by molar-refractivity contribution is 6.32. The topological polar surface area (TPSA) is 88.4 Å². The molecule has 6 nitrogen and oxygen atoms in total. The van der Waals surface area contributed by atoms with Gasteiger partial charge in [0, 0.05) is 25.7 Å². The van der Waals surface area contributed by atoms with Crippen molar-refractivity contribution in [3.63, 3.8) is 0 Å². The molecule has 108 valence electrons. The van der Waals surface area contributed by atoms with Crippen LogP contribution in [0, 0.1) is 11.3 Å². The number of carbonyl (C=O) groups excluding carboxylic acids is 2. The smallest absolute Gasteiger partial charge is 0.350 e. The first kappa shape index (κ1) is 14.9. The number of nitriles is 1. The lowest BCUT2D eigenvalue weighted by molar-refractivity contribution is -0.222. The first-order chi connectivity index (χ1) is 9.82. The summed E-state index contributed by atoms with van der Waals surface area (Å²) in [6.07, 6.45) is 1.18. The molecule has 0 bridgehead atoms. The first-order valence-corrected chi connectivity index (χ1v) is 6.33. The molecule has 1 aromatic rings. The molecule has 7 heteroatoms. The van der Waals surface area contributed by atoms with E-state index in [-0.39, 0.29) is 10.6 Å². The van der Waals surface area contributed by atoms with Gasteiger partial charge >= 0.3 is 11.9 Å². The van der Waals surface area contributed by atoms with Crippen LogP contribution < -0.4 is 5.32 Å². The summed E-state index contributed by atoms with van der Waals surface area (Å²) in [6.45, 7) is 2.93. The number of halogens is 1. The molecule has 1 fully saturated rings. The molecule has 21 heavy (non-hydrogen) atoms. The Morgan fingerprint density at radius 3 is 2.43 bits per heavy atom. The minimum atomic E-state index is -1.27. The van der Waals surface area contributed by atoms with Gasteiger partial charge in [0.15, 0.2) is 5.57 Å². The van der Waals surface area contributed by atoms with Gasteiger partial charge in [0.1, 0.15) is 6.07 Å². The minimum absolute atomic E-state index is 0.255. The summed E-state index contributed by atoms with van der Waals surface area (Å²) < 4.78 is 9.89. The maximum Gasteiger partial charge on any atom is 0.350 e. The van der Waals surface area contributed by atoms with Gasteiger partial charge in [0.2, 0.25) is 0 Å². The summed E-state index contributed by atoms with van der Waals surface area (Å²) in [5, 5.41) is 11.8. The lowest BCUT2D eigenvalue weighted by Crippen LogP contribution is -2.42. The molecule has 1 heterocycles. The number of nitrogens with one attached hydrogen (secondary N) is 1. The first-order valence-electron chi connectivity index (χ1n) is 5.95. The summed E-state index contributed by atoms with van der Waals surface area (Å²) in [5.74, 6) is -2.82. The fraction of sp³-hybridized carbons (Fsp3) is 0.214. The highest BCUT2D eigenvalue weighted by atomic mass is 35.5. The fourth-order valence-electron chi connectivity index (χ4n) is 1.63. The van der Waals surface area contributed by atoms with Crippen molar-refractivity contribution in [3.8, 4) is 6.07 Å². The number of ether oxygens (including phenoxy) is 2. The predicted octanol–water partition coefficient (Wildman–Crippen LogP) is 2.34. The lowest BCUT2D eigenvalue weighted by atomic mass is 10.2. The third-order valence-electron chi connectivity index (χ3n) is 2.59. The summed E-state index contributed by atoms with van der Waals surface area (Å²) in [5.41, 5.74) is 0.583. The zero-order chi connectivity index (χ0) is 15.6. The summed E-state index contributed by atoms with van der Waals surface area (Å²) in [6, 6.07) is 6.53. The molecule has 0 unspecified atom stereocenters. The molecule has 1 N–H and O–H groups in total. The Balaban J connectivity index is 2.18. The average molecular weight is 307 g/mol. The number of hydrogen-bond donors (Lipinski definition) is 1. The number of esters is 2. The van der Waals surface area contributed by atoms with E-state index in [2.05, 4.69) is 5.32 Å². The summed E-state index contributed by atoms with van der Waals surface area (Å²) >= 11 is 5.88. The number of benzene rings is 1. The Bertz CT molecular complexity index is 667. The van der Waals surface area contributed by atoms with E-state index in [4.69, 9.17) is 26.3 Å². The van der Waals surface area contributed by atoms with E-state index in [0.29, 0.717) is 11.3 Å². The van der Waals surface area contributed by atoms with Crippen LogP contribution in [0.3, 0.4) is 0 Å². The van der Waals surface area contributed by atoms with Gasteiger partial charge in [-0.3, -0.25) is 0 Å². The van der Waals surface area contributed by atoms with Crippen molar-refractivity contribution >= 4 is 29.2 Å². The number of rotatable bonds is 2. The van der Waals surface area contributed by atoms with Crippen molar-refractivity contribution in [1.82, 2.24) is 0 Å². The molecule has 0 amide bonds. The molecule has 0 atom stereocenters. The van der Waals surface area contributed by atoms with Crippen LogP contribution in [0.25, 0.3) is 0 Å². The molecular formula is C14H11ClN2O4. The van der Waals surface area contributed by atoms with E-state index >= 15 is 0 Å². The van der Waals surface area contributed by atoms with Crippen LogP contribution in [0.1, 0.15) is 19.4 Å². The second-order valence-electron chi connectivity index (χ2n) is 4.69. The van der Waals surface area contributed by atoms with E-state index in [1.165, 1.54) is 32.2 Å². The molecule has 1 saturated heterocycles. The largest absolute Gasteiger partial charge is 0.419 e. The number of nitrogens with zero attached hydrogens (tertiary/aromatic N) is 1. The normalized spacial score (nSPS) is 16.6. The van der Waals surface area contributed by atoms with Crippen molar-refractivity contribution in [1.29, 1.82) is 5.26 Å². The molecule has 0 aromatic heterocycles. The number of anilines is 1. The van der Waals surface area contributed by atoms with Crippen LogP contribution >= 0.6 is 11.6 Å². The van der Waals surface area contributed by atoms with E-state index in [1.807, 2.05) is 6.07 Å². The standard InChI is InChI=1S/C14H11ClN2O4/c1-14(2)20-12(18)10(13(19)21-14)7-17-9-4-3-8(6-16)11(15)5-9/h3-5,7,17H,1-2H3. The zero-order valence-electron chi connectivity index (χ0n) is 11.3. The van der Waals surface area contributed by atoms with Crippen molar-refractivity contribution in [2.75, 3.05) is 5.32 Å². The second-order valence-corrected chi connectivity index (χ2v) is 5.09. The maximum absolute atomic E-state index is 11.7. The van der Waals surface area contributed by atoms with Gasteiger partial charge in [-0.25, -0.2) is 9.59 Å². The van der Waals surface area contributed by atoms with Gasteiger partial charge in [0.25, 0.3) is 5.79 Å². The van der Waals surface area contributed by atoms with Crippen molar-refractivity contribution in [2.24, 2.45) is 0 Å². The lowest BCUT2D eigenvalue weighted by Gasteiger charge is -2.29. The summed E-state index contributed by atoms with van der Waals surface area (Å²) in [7, 11) is 0. The number of carbonyl (C=O) groups is 2. The fourth-order valence-corrected chi connectivity index (χ4v) is 1.85. The molecule has 0 saturated carbocycles. The monoisotopic (exact) mass is 306 g/mol. The Labute approximate surface area is 125 Å². The van der Waals surface area contributed by atoms with Crippen molar-refractivity contribution in [2.45, 2.75) is 19.6 Å². The van der Waals surface area contributed by atoms with Gasteiger partial charge in [-0.15, -0.1) is 0 Å². The van der Waals surface area contributed by atoms with Crippen LogP contribution in [0.5, 0.6) is 0 Å². The minimum Gasteiger partial charge on any atom is -0.419 e. The molecular weight excluding hydrogens is 296 g/mol. The van der Waals surface area contributed by atoms with Crippen LogP contribution in [-0.2, 0) is 19.1 Å². The Kier molecular flexibility index (Phi) is 3.87. The van der Waals surface area contributed by atoms with Gasteiger partial charge in [0.05, 0.1) is 10.6 Å². The molecule has 1 aliphatic rings. The molecule has 0 spiro atoms. The van der Waals surface area contributed by atoms with Crippen LogP contribution in [-0.4, -0.2) is 17.7 Å². The molecule has 1 aliphatic heterocycles. The summed E-state index contributed by atoms with van der Waals surface area (Å²) in [4.78, 5) is 23.4. The van der Waals surface area contributed by atoms with E-state index in [1.54, 1.807) is 6.07 Å². The zero-order valence-corrected chi connectivity index (χ0v) is 12.0. The molecule has 0 aliphatic carbocycles. The number of cyclic esters (lactones) is 2. The van der Waals surface area contributed by atoms with Crippen LogP contribution in [0.15, 0.2) is 30.0 Å². The van der Waals surface area contributed by atoms with Gasteiger partial charge in [-0.2, -0.15) is 5.26 Å². The molecule has 0 radical (unpaired) electrons. The third-order valence-corrected chi connectivity index (χ3v) is 2.90. The molecule has 1 aromatic carbocycles. The predicted molar refractivity (Wildman–Crippen MR) is 74.1 cm³/mol. The quantitative estimate of drug-likeness (QED) is 0.512. The Hall–Kier alpha value is -2.52. The highest BCUT2D eigenvalue weighted by Crippen LogP contribution is 2.24. The molecule has 2 rings (SSSR count). The van der Waals surface area contributed by atoms with E-state index < -0.39 is 17.7 Å². The third kappa shape index (κ3) is 3.33. The number of hydrogen-bond acceptors (Lipinski definition) is 6. The van der Waals surface area contributed by atoms with E-state index in [9.17, 15) is 9.59 Å². The maximum atomic E-state index is 11.7. The van der Waals surface area contributed by atoms with Gasteiger partial charge in [-0.1, -0.05) is 11.6 Å². The van der Waals surface area contributed by atoms with E-state index in [0.717, 1.165) is 0 Å². The SMILES string of the molecule is CC1(C)OC(=O)C(=CNc2ccc(C#N)c(Cl)c2)C(=O)O1. The highest BCUT2D eigenvalue weighted by Gasteiger charge is 2.38. The van der Waals surface area contributed by atoms with Crippen LogP contribution in [0.4, 0.5) is 5.69 Å². The van der Waals surface area contributed by atoms with Gasteiger partial charge in [-0.05, 0) is 18.2 Å². The van der Waals surface area contributed by atoms with Gasteiger partial charge < -0.3 is 14.8 Å². The van der Waals surface area contributed by atoms with Crippen LogP contribution in [0.2, 0.25) is 5.02 Å². The Morgan fingerprint density at radius 2 is 1.90 bits per heavy atom. The van der Waals surface area contributed by atoms with Crippen molar-refractivity contribution < 1.29 is 19.1 Å². The average Bonchev–Trinajstić information content (AvgIpc) is 2.36. The Morgan fingerprint density at radius 1 is 1.29 bits per heavy atom.